The van der Waals surface area contributed by atoms with Crippen LogP contribution in [0.2, 0.25) is 0 Å². The van der Waals surface area contributed by atoms with Gasteiger partial charge < -0.3 is 14.0 Å². The normalized spacial score (nSPS) is 11.4. The van der Waals surface area contributed by atoms with E-state index in [1.807, 2.05) is 26.0 Å². The van der Waals surface area contributed by atoms with Gasteiger partial charge in [0.2, 0.25) is 5.82 Å². The number of nitrogens with zero attached hydrogens (tertiary/aromatic N) is 4. The number of aromatic nitrogens is 4. The van der Waals surface area contributed by atoms with Gasteiger partial charge in [-0.1, -0.05) is 5.16 Å². The van der Waals surface area contributed by atoms with E-state index in [-0.39, 0.29) is 0 Å². The van der Waals surface area contributed by atoms with Crippen LogP contribution in [0.15, 0.2) is 47.2 Å². The van der Waals surface area contributed by atoms with Crippen molar-refractivity contribution in [3.63, 3.8) is 0 Å². The van der Waals surface area contributed by atoms with Crippen molar-refractivity contribution in [1.82, 2.24) is 20.1 Å². The number of benzene rings is 1. The van der Waals surface area contributed by atoms with Crippen LogP contribution in [-0.4, -0.2) is 27.2 Å². The molecule has 0 spiro atoms. The first-order valence-electron chi connectivity index (χ1n) is 7.03. The molecule has 0 radical (unpaired) electrons. The maximum atomic E-state index is 5.54. The Balaban J connectivity index is 1.77. The molecule has 7 nitrogen and oxygen atoms in total. The largest absolute Gasteiger partial charge is 0.424 e. The van der Waals surface area contributed by atoms with Crippen LogP contribution in [0.3, 0.4) is 0 Å². The summed E-state index contributed by atoms with van der Waals surface area (Å²) in [7, 11) is 1.60. The van der Waals surface area contributed by atoms with Crippen molar-refractivity contribution in [3.8, 4) is 23.1 Å². The van der Waals surface area contributed by atoms with E-state index in [0.29, 0.717) is 23.5 Å². The highest BCUT2D eigenvalue weighted by Crippen LogP contribution is 2.26. The van der Waals surface area contributed by atoms with Gasteiger partial charge in [0.05, 0.1) is 0 Å². The van der Waals surface area contributed by atoms with E-state index in [1.54, 1.807) is 37.7 Å². The Hall–Kier alpha value is -2.80. The minimum absolute atomic E-state index is 0.295. The van der Waals surface area contributed by atoms with E-state index in [4.69, 9.17) is 14.0 Å². The van der Waals surface area contributed by atoms with Crippen molar-refractivity contribution in [2.24, 2.45) is 0 Å². The van der Waals surface area contributed by atoms with Gasteiger partial charge in [-0.15, -0.1) is 0 Å². The molecule has 0 bridgehead atoms. The van der Waals surface area contributed by atoms with Crippen LogP contribution >= 0.6 is 0 Å². The standard InChI is InChI=1S/C16H16N4O3/c1-16(2,21-3)14-19-13(20-23-14)11-5-7-12(8-6-11)22-15-17-9-4-10-18-15/h4-10H,1-3H3. The predicted molar refractivity (Wildman–Crippen MR) is 81.9 cm³/mol. The third-order valence-corrected chi connectivity index (χ3v) is 3.32. The lowest BCUT2D eigenvalue weighted by Crippen LogP contribution is -2.19. The molecule has 7 heteroatoms. The minimum Gasteiger partial charge on any atom is -0.424 e. The van der Waals surface area contributed by atoms with Crippen LogP contribution < -0.4 is 4.74 Å². The first-order chi connectivity index (χ1) is 11.1. The Labute approximate surface area is 133 Å². The van der Waals surface area contributed by atoms with Gasteiger partial charge in [0.1, 0.15) is 11.4 Å². The Morgan fingerprint density at radius 1 is 1.04 bits per heavy atom. The molecule has 0 saturated heterocycles. The van der Waals surface area contributed by atoms with Crippen LogP contribution in [0.4, 0.5) is 0 Å². The van der Waals surface area contributed by atoms with Crippen LogP contribution in [0.1, 0.15) is 19.7 Å². The number of rotatable bonds is 5. The second kappa shape index (κ2) is 6.13. The molecule has 0 N–H and O–H groups in total. The maximum absolute atomic E-state index is 5.54. The number of hydrogen-bond acceptors (Lipinski definition) is 7. The molecule has 3 aromatic rings. The molecule has 0 aliphatic carbocycles. The van der Waals surface area contributed by atoms with Gasteiger partial charge in [0.15, 0.2) is 0 Å². The van der Waals surface area contributed by atoms with E-state index in [2.05, 4.69) is 20.1 Å². The fourth-order valence-corrected chi connectivity index (χ4v) is 1.79. The highest BCUT2D eigenvalue weighted by Gasteiger charge is 2.27. The molecular formula is C16H16N4O3. The highest BCUT2D eigenvalue weighted by atomic mass is 16.5. The molecule has 23 heavy (non-hydrogen) atoms. The third-order valence-electron chi connectivity index (χ3n) is 3.32. The molecular weight excluding hydrogens is 296 g/mol. The van der Waals surface area contributed by atoms with Gasteiger partial charge in [-0.25, -0.2) is 9.97 Å². The second-order valence-corrected chi connectivity index (χ2v) is 5.30. The van der Waals surface area contributed by atoms with E-state index in [0.717, 1.165) is 5.56 Å². The van der Waals surface area contributed by atoms with E-state index >= 15 is 0 Å². The highest BCUT2D eigenvalue weighted by molar-refractivity contribution is 5.55. The summed E-state index contributed by atoms with van der Waals surface area (Å²) in [6, 6.07) is 9.29. The fraction of sp³-hybridized carbons (Fsp3) is 0.250. The molecule has 1 aromatic carbocycles. The SMILES string of the molecule is COC(C)(C)c1nc(-c2ccc(Oc3ncccn3)cc2)no1. The van der Waals surface area contributed by atoms with Crippen LogP contribution in [0.5, 0.6) is 11.8 Å². The Bertz CT molecular complexity index is 770. The van der Waals surface area contributed by atoms with Crippen molar-refractivity contribution in [1.29, 1.82) is 0 Å². The zero-order valence-electron chi connectivity index (χ0n) is 13.1. The van der Waals surface area contributed by atoms with E-state index in [1.165, 1.54) is 0 Å². The Morgan fingerprint density at radius 3 is 2.39 bits per heavy atom. The van der Waals surface area contributed by atoms with Crippen LogP contribution in [-0.2, 0) is 10.3 Å². The summed E-state index contributed by atoms with van der Waals surface area (Å²) in [6.45, 7) is 3.72. The zero-order valence-corrected chi connectivity index (χ0v) is 13.1. The average Bonchev–Trinajstić information content (AvgIpc) is 3.07. The van der Waals surface area contributed by atoms with Gasteiger partial charge in [0.25, 0.3) is 5.89 Å². The van der Waals surface area contributed by atoms with E-state index < -0.39 is 5.60 Å². The third kappa shape index (κ3) is 3.35. The quantitative estimate of drug-likeness (QED) is 0.715. The summed E-state index contributed by atoms with van der Waals surface area (Å²) in [5.74, 6) is 1.54. The summed E-state index contributed by atoms with van der Waals surface area (Å²) in [6.07, 6.45) is 3.24. The smallest absolute Gasteiger partial charge is 0.321 e. The lowest BCUT2D eigenvalue weighted by atomic mass is 10.1. The molecule has 0 aliphatic rings. The second-order valence-electron chi connectivity index (χ2n) is 5.30. The summed E-state index contributed by atoms with van der Waals surface area (Å²) in [4.78, 5) is 12.4. The van der Waals surface area contributed by atoms with Crippen molar-refractivity contribution >= 4 is 0 Å². The number of ether oxygens (including phenoxy) is 2. The Kier molecular flexibility index (Phi) is 4.03. The minimum atomic E-state index is -0.626. The Morgan fingerprint density at radius 2 is 1.74 bits per heavy atom. The van der Waals surface area contributed by atoms with Crippen molar-refractivity contribution in [2.75, 3.05) is 7.11 Å². The van der Waals surface area contributed by atoms with Gasteiger partial charge in [0, 0.05) is 25.1 Å². The maximum Gasteiger partial charge on any atom is 0.321 e. The molecule has 0 saturated carbocycles. The monoisotopic (exact) mass is 312 g/mol. The van der Waals surface area contributed by atoms with Gasteiger partial charge in [-0.3, -0.25) is 0 Å². The van der Waals surface area contributed by atoms with Gasteiger partial charge in [-0.2, -0.15) is 4.98 Å². The molecule has 0 amide bonds. The molecule has 0 fully saturated rings. The molecule has 3 rings (SSSR count). The molecule has 0 atom stereocenters. The molecule has 2 aromatic heterocycles. The van der Waals surface area contributed by atoms with Crippen molar-refractivity contribution < 1.29 is 14.0 Å². The van der Waals surface area contributed by atoms with Crippen molar-refractivity contribution in [2.45, 2.75) is 19.4 Å². The summed E-state index contributed by atoms with van der Waals surface area (Å²) in [5, 5.41) is 3.98. The number of methoxy groups -OCH3 is 1. The first-order valence-corrected chi connectivity index (χ1v) is 7.03. The van der Waals surface area contributed by atoms with Gasteiger partial charge in [-0.05, 0) is 44.2 Å². The molecule has 118 valence electrons. The molecule has 0 aliphatic heterocycles. The lowest BCUT2D eigenvalue weighted by molar-refractivity contribution is -0.00786. The summed E-state index contributed by atoms with van der Waals surface area (Å²) in [5.41, 5.74) is 0.187. The average molecular weight is 312 g/mol. The molecule has 0 unspecified atom stereocenters. The number of hydrogen-bond donors (Lipinski definition) is 0. The summed E-state index contributed by atoms with van der Waals surface area (Å²) < 4.78 is 16.1. The lowest BCUT2D eigenvalue weighted by Gasteiger charge is -2.16. The van der Waals surface area contributed by atoms with Gasteiger partial charge >= 0.3 is 6.01 Å². The molecule has 2 heterocycles. The van der Waals surface area contributed by atoms with Crippen LogP contribution in [0, 0.1) is 0 Å². The van der Waals surface area contributed by atoms with Crippen molar-refractivity contribution in [3.05, 3.63) is 48.6 Å². The topological polar surface area (TPSA) is 83.2 Å². The predicted octanol–water partition coefficient (Wildman–Crippen LogP) is 3.20. The zero-order chi connectivity index (χ0) is 16.3. The fourth-order valence-electron chi connectivity index (χ4n) is 1.79. The summed E-state index contributed by atoms with van der Waals surface area (Å²) >= 11 is 0. The van der Waals surface area contributed by atoms with E-state index in [9.17, 15) is 0 Å². The first kappa shape index (κ1) is 15.1. The van der Waals surface area contributed by atoms with Crippen LogP contribution in [0.25, 0.3) is 11.4 Å².